The van der Waals surface area contributed by atoms with E-state index in [-0.39, 0.29) is 17.9 Å². The normalized spacial score (nSPS) is 11.5. The zero-order chi connectivity index (χ0) is 22.4. The van der Waals surface area contributed by atoms with Crippen LogP contribution in [-0.2, 0) is 31.8 Å². The molecule has 0 aliphatic rings. The van der Waals surface area contributed by atoms with Crippen LogP contribution in [0.1, 0.15) is 48.6 Å². The molecular weight excluding hydrogens is 394 g/mol. The molecule has 164 valence electrons. The van der Waals surface area contributed by atoms with Gasteiger partial charge in [-0.3, -0.25) is 0 Å². The molecule has 0 saturated heterocycles. The van der Waals surface area contributed by atoms with E-state index in [0.717, 1.165) is 40.7 Å². The van der Waals surface area contributed by atoms with Crippen LogP contribution in [0.3, 0.4) is 0 Å². The van der Waals surface area contributed by atoms with E-state index in [1.807, 2.05) is 26.0 Å². The number of hydrogen-bond donors (Lipinski definition) is 1. The maximum absolute atomic E-state index is 14.7. The Morgan fingerprint density at radius 2 is 1.32 bits per heavy atom. The number of aliphatic hydroxyl groups excluding tert-OH is 1. The quantitative estimate of drug-likeness (QED) is 0.414. The second-order valence-electron chi connectivity index (χ2n) is 7.66. The average Bonchev–Trinajstić information content (AvgIpc) is 2.79. The highest BCUT2D eigenvalue weighted by atomic mass is 19.3. The number of aryl methyl sites for hydroxylation is 3. The van der Waals surface area contributed by atoms with E-state index < -0.39 is 6.11 Å². The van der Waals surface area contributed by atoms with Gasteiger partial charge in [0.05, 0.1) is 5.56 Å². The maximum atomic E-state index is 14.7. The fourth-order valence-corrected chi connectivity index (χ4v) is 3.82. The van der Waals surface area contributed by atoms with Crippen molar-refractivity contribution in [1.82, 2.24) is 0 Å². The van der Waals surface area contributed by atoms with E-state index in [4.69, 9.17) is 4.74 Å². The lowest BCUT2D eigenvalue weighted by Crippen LogP contribution is -2.22. The number of halogens is 2. The van der Waals surface area contributed by atoms with Gasteiger partial charge in [0.15, 0.2) is 0 Å². The van der Waals surface area contributed by atoms with Gasteiger partial charge in [0.1, 0.15) is 5.75 Å². The van der Waals surface area contributed by atoms with Gasteiger partial charge in [0.25, 0.3) is 0 Å². The summed E-state index contributed by atoms with van der Waals surface area (Å²) in [5.41, 5.74) is 6.20. The second-order valence-corrected chi connectivity index (χ2v) is 7.66. The van der Waals surface area contributed by atoms with Crippen LogP contribution >= 0.6 is 0 Å². The molecule has 0 unspecified atom stereocenters. The molecule has 0 spiro atoms. The summed E-state index contributed by atoms with van der Waals surface area (Å²) in [6.07, 6.45) is -0.435. The average molecular weight is 425 g/mol. The van der Waals surface area contributed by atoms with Crippen LogP contribution < -0.4 is 4.74 Å². The Labute approximate surface area is 183 Å². The molecule has 0 aromatic heterocycles. The lowest BCUT2D eigenvalue weighted by Gasteiger charge is -2.20. The summed E-state index contributed by atoms with van der Waals surface area (Å²) in [6, 6.07) is 17.7. The molecule has 0 radical (unpaired) electrons. The molecule has 0 heterocycles. The first-order valence-corrected chi connectivity index (χ1v) is 10.9. The number of hydrogen-bond acceptors (Lipinski definition) is 2. The zero-order valence-corrected chi connectivity index (χ0v) is 18.4. The highest BCUT2D eigenvalue weighted by Crippen LogP contribution is 2.36. The molecule has 0 aliphatic carbocycles. The van der Waals surface area contributed by atoms with Crippen molar-refractivity contribution in [2.45, 2.75) is 52.6 Å². The number of ether oxygens (including phenoxy) is 1. The number of aliphatic hydroxyl groups is 1. The van der Waals surface area contributed by atoms with E-state index >= 15 is 0 Å². The number of benzene rings is 3. The molecule has 0 fully saturated rings. The van der Waals surface area contributed by atoms with E-state index in [2.05, 4.69) is 19.1 Å². The van der Waals surface area contributed by atoms with Crippen molar-refractivity contribution in [2.75, 3.05) is 6.61 Å². The minimum absolute atomic E-state index is 0.115. The van der Waals surface area contributed by atoms with Gasteiger partial charge >= 0.3 is 6.11 Å². The summed E-state index contributed by atoms with van der Waals surface area (Å²) in [7, 11) is 0. The minimum atomic E-state index is -3.40. The lowest BCUT2D eigenvalue weighted by molar-refractivity contribution is -0.185. The summed E-state index contributed by atoms with van der Waals surface area (Å²) in [5.74, 6) is 0.153. The predicted octanol–water partition coefficient (Wildman–Crippen LogP) is 6.70. The zero-order valence-electron chi connectivity index (χ0n) is 18.4. The predicted molar refractivity (Wildman–Crippen MR) is 122 cm³/mol. The summed E-state index contributed by atoms with van der Waals surface area (Å²) in [6.45, 7) is 6.21. The first-order valence-electron chi connectivity index (χ1n) is 10.9. The Morgan fingerprint density at radius 3 is 1.90 bits per heavy atom. The van der Waals surface area contributed by atoms with Gasteiger partial charge in [-0.05, 0) is 83.3 Å². The Kier molecular flexibility index (Phi) is 7.45. The van der Waals surface area contributed by atoms with Crippen LogP contribution in [0.4, 0.5) is 8.78 Å². The third kappa shape index (κ3) is 5.31. The van der Waals surface area contributed by atoms with Crippen LogP contribution in [-0.4, -0.2) is 11.7 Å². The summed E-state index contributed by atoms with van der Waals surface area (Å²) < 4.78 is 34.6. The molecule has 3 aromatic rings. The molecule has 0 amide bonds. The largest absolute Gasteiger partial charge is 0.429 e. The Hall–Kier alpha value is -2.72. The Bertz CT molecular complexity index is 1010. The Balaban J connectivity index is 1.91. The summed E-state index contributed by atoms with van der Waals surface area (Å²) in [4.78, 5) is 0. The van der Waals surface area contributed by atoms with Gasteiger partial charge in [-0.25, -0.2) is 0 Å². The van der Waals surface area contributed by atoms with Crippen LogP contribution in [0, 0.1) is 0 Å². The van der Waals surface area contributed by atoms with Crippen molar-refractivity contribution >= 4 is 0 Å². The van der Waals surface area contributed by atoms with E-state index in [0.29, 0.717) is 12.8 Å². The standard InChI is InChI=1S/C27H30F2O2/c1-4-19-7-10-23(11-8-19)27(28,29)31-24-12-14-26(22(6-3)18-24)25-13-9-20(15-16-30)17-21(25)5-2/h7-14,17-18,30H,4-6,15-16H2,1-3H3. The molecule has 3 aromatic carbocycles. The SMILES string of the molecule is CCc1ccc(C(F)(F)Oc2ccc(-c3ccc(CCO)cc3CC)c(CC)c2)cc1. The fourth-order valence-electron chi connectivity index (χ4n) is 3.82. The van der Waals surface area contributed by atoms with Crippen LogP contribution in [0.5, 0.6) is 5.75 Å². The molecular formula is C27H30F2O2. The van der Waals surface area contributed by atoms with Crippen molar-refractivity contribution in [2.24, 2.45) is 0 Å². The Morgan fingerprint density at radius 1 is 0.742 bits per heavy atom. The van der Waals surface area contributed by atoms with Crippen molar-refractivity contribution in [3.05, 3.63) is 88.5 Å². The molecule has 4 heteroatoms. The summed E-state index contributed by atoms with van der Waals surface area (Å²) >= 11 is 0. The number of rotatable bonds is 9. The van der Waals surface area contributed by atoms with Gasteiger partial charge in [-0.15, -0.1) is 0 Å². The number of alkyl halides is 2. The monoisotopic (exact) mass is 424 g/mol. The maximum Gasteiger partial charge on any atom is 0.426 e. The molecule has 31 heavy (non-hydrogen) atoms. The first-order chi connectivity index (χ1) is 14.9. The molecule has 0 atom stereocenters. The van der Waals surface area contributed by atoms with Crippen LogP contribution in [0.2, 0.25) is 0 Å². The molecule has 0 saturated carbocycles. The van der Waals surface area contributed by atoms with Crippen molar-refractivity contribution < 1.29 is 18.6 Å². The van der Waals surface area contributed by atoms with Crippen molar-refractivity contribution in [3.63, 3.8) is 0 Å². The van der Waals surface area contributed by atoms with Gasteiger partial charge in [0, 0.05) is 6.61 Å². The third-order valence-corrected chi connectivity index (χ3v) is 5.64. The van der Waals surface area contributed by atoms with Crippen molar-refractivity contribution in [1.29, 1.82) is 0 Å². The van der Waals surface area contributed by atoms with E-state index in [9.17, 15) is 13.9 Å². The van der Waals surface area contributed by atoms with Gasteiger partial charge < -0.3 is 9.84 Å². The topological polar surface area (TPSA) is 29.5 Å². The molecule has 0 bridgehead atoms. The molecule has 1 N–H and O–H groups in total. The minimum Gasteiger partial charge on any atom is -0.429 e. The molecule has 3 rings (SSSR count). The lowest BCUT2D eigenvalue weighted by atomic mass is 9.91. The van der Waals surface area contributed by atoms with Crippen LogP contribution in [0.15, 0.2) is 60.7 Å². The molecule has 2 nitrogen and oxygen atoms in total. The third-order valence-electron chi connectivity index (χ3n) is 5.64. The summed E-state index contributed by atoms with van der Waals surface area (Å²) in [5, 5.41) is 9.21. The van der Waals surface area contributed by atoms with Gasteiger partial charge in [0.2, 0.25) is 0 Å². The second kappa shape index (κ2) is 10.1. The van der Waals surface area contributed by atoms with E-state index in [1.54, 1.807) is 24.3 Å². The fraction of sp³-hybridized carbons (Fsp3) is 0.333. The smallest absolute Gasteiger partial charge is 0.426 e. The van der Waals surface area contributed by atoms with Crippen molar-refractivity contribution in [3.8, 4) is 16.9 Å². The highest BCUT2D eigenvalue weighted by molar-refractivity contribution is 5.72. The van der Waals surface area contributed by atoms with Crippen LogP contribution in [0.25, 0.3) is 11.1 Å². The van der Waals surface area contributed by atoms with Gasteiger partial charge in [-0.2, -0.15) is 8.78 Å². The van der Waals surface area contributed by atoms with E-state index in [1.165, 1.54) is 17.7 Å². The highest BCUT2D eigenvalue weighted by Gasteiger charge is 2.34. The first kappa shape index (κ1) is 23.0. The van der Waals surface area contributed by atoms with Gasteiger partial charge in [-0.1, -0.05) is 57.2 Å². The molecule has 0 aliphatic heterocycles.